The van der Waals surface area contributed by atoms with Crippen molar-refractivity contribution in [1.82, 2.24) is 9.71 Å². The Morgan fingerprint density at radius 1 is 1.25 bits per heavy atom. The Morgan fingerprint density at radius 3 is 2.79 bits per heavy atom. The summed E-state index contributed by atoms with van der Waals surface area (Å²) >= 11 is 1.41. The molecule has 2 aromatic carbocycles. The molecule has 0 atom stereocenters. The zero-order valence-corrected chi connectivity index (χ0v) is 14.4. The normalized spacial score (nSPS) is 16.8. The van der Waals surface area contributed by atoms with E-state index in [0.29, 0.717) is 16.6 Å². The molecule has 0 radical (unpaired) electrons. The van der Waals surface area contributed by atoms with Gasteiger partial charge in [-0.15, -0.1) is 10.8 Å². The number of nitrogens with one attached hydrogen (secondary N) is 2. The first-order chi connectivity index (χ1) is 11.4. The Balaban J connectivity index is 1.76. The number of nitrogens with zero attached hydrogens (tertiary/aromatic N) is 1. The van der Waals surface area contributed by atoms with Gasteiger partial charge in [0, 0.05) is 13.5 Å². The lowest BCUT2D eigenvalue weighted by Crippen LogP contribution is -2.10. The highest BCUT2D eigenvalue weighted by molar-refractivity contribution is 8.22. The van der Waals surface area contributed by atoms with Crippen LogP contribution in [0.5, 0.6) is 0 Å². The maximum absolute atomic E-state index is 11.2. The zero-order valence-electron chi connectivity index (χ0n) is 12.7. The molecular weight excluding hydrogens is 346 g/mol. The first kappa shape index (κ1) is 15.6. The fraction of sp³-hybridized carbons (Fsp3) is 0.125. The Hall–Kier alpha value is -1.97. The summed E-state index contributed by atoms with van der Waals surface area (Å²) in [5.74, 6) is -0.148. The van der Waals surface area contributed by atoms with Crippen LogP contribution in [0.1, 0.15) is 12.5 Å². The van der Waals surface area contributed by atoms with Gasteiger partial charge in [-0.3, -0.25) is 13.9 Å². The molecule has 0 unspecified atom stereocenters. The number of carbonyl (C=O) groups is 1. The van der Waals surface area contributed by atoms with E-state index in [2.05, 4.69) is 15.0 Å². The Morgan fingerprint density at radius 2 is 2.00 bits per heavy atom. The Bertz CT molecular complexity index is 968. The fourth-order valence-corrected chi connectivity index (χ4v) is 4.97. The Kier molecular flexibility index (Phi) is 3.59. The number of hydrogen-bond acceptors (Lipinski definition) is 6. The average molecular weight is 361 g/mol. The lowest BCUT2D eigenvalue weighted by Gasteiger charge is -2.27. The van der Waals surface area contributed by atoms with Crippen molar-refractivity contribution in [3.63, 3.8) is 0 Å². The molecule has 124 valence electrons. The molecule has 6 nitrogen and oxygen atoms in total. The summed E-state index contributed by atoms with van der Waals surface area (Å²) in [5.41, 5.74) is 3.60. The molecule has 1 amide bonds. The molecule has 4 N–H and O–H groups in total. The molecule has 0 saturated heterocycles. The fourth-order valence-electron chi connectivity index (χ4n) is 2.71. The molecule has 1 aliphatic heterocycles. The van der Waals surface area contributed by atoms with Crippen LogP contribution in [0.2, 0.25) is 0 Å². The van der Waals surface area contributed by atoms with E-state index in [9.17, 15) is 13.9 Å². The van der Waals surface area contributed by atoms with E-state index >= 15 is 0 Å². The van der Waals surface area contributed by atoms with Crippen LogP contribution >= 0.6 is 22.1 Å². The smallest absolute Gasteiger partial charge is 0.223 e. The number of amides is 1. The van der Waals surface area contributed by atoms with Crippen LogP contribution < -0.4 is 10.0 Å². The maximum Gasteiger partial charge on any atom is 0.223 e. The van der Waals surface area contributed by atoms with Gasteiger partial charge in [0.15, 0.2) is 5.13 Å². The minimum absolute atomic E-state index is 0.148. The molecule has 0 bridgehead atoms. The number of thiazole rings is 1. The summed E-state index contributed by atoms with van der Waals surface area (Å²) < 4.78 is 23.8. The summed E-state index contributed by atoms with van der Waals surface area (Å²) in [4.78, 5) is 16.1. The molecule has 0 saturated carbocycles. The molecule has 0 fully saturated rings. The van der Waals surface area contributed by atoms with Gasteiger partial charge in [-0.2, -0.15) is 0 Å². The van der Waals surface area contributed by atoms with Crippen molar-refractivity contribution in [1.29, 1.82) is 0 Å². The van der Waals surface area contributed by atoms with Gasteiger partial charge in [-0.1, -0.05) is 29.5 Å². The zero-order chi connectivity index (χ0) is 16.9. The van der Waals surface area contributed by atoms with Crippen molar-refractivity contribution in [2.45, 2.75) is 18.4 Å². The standard InChI is InChI=1S/C16H15N3O3S2/c1-9(20)18-16-19-13-5-4-10(6-14(13)23-16)11-2-3-12-8-17-24(21,22)15(12)7-11/h2-7,17,21-22H,8H2,1H3,(H,18,19,20). The van der Waals surface area contributed by atoms with Crippen molar-refractivity contribution in [3.8, 4) is 11.1 Å². The minimum Gasteiger partial charge on any atom is -0.302 e. The molecule has 1 aromatic heterocycles. The largest absolute Gasteiger partial charge is 0.302 e. The summed E-state index contributed by atoms with van der Waals surface area (Å²) in [7, 11) is -2.90. The molecule has 4 rings (SSSR count). The number of aromatic nitrogens is 1. The second-order valence-corrected chi connectivity index (χ2v) is 8.43. The molecule has 0 aliphatic carbocycles. The van der Waals surface area contributed by atoms with Crippen molar-refractivity contribution >= 4 is 43.4 Å². The van der Waals surface area contributed by atoms with Gasteiger partial charge in [-0.05, 0) is 34.9 Å². The van der Waals surface area contributed by atoms with E-state index in [1.807, 2.05) is 36.4 Å². The molecule has 3 aromatic rings. The van der Waals surface area contributed by atoms with Crippen LogP contribution in [-0.4, -0.2) is 20.0 Å². The van der Waals surface area contributed by atoms with Gasteiger partial charge < -0.3 is 5.32 Å². The predicted octanol–water partition coefficient (Wildman–Crippen LogP) is 4.05. The summed E-state index contributed by atoms with van der Waals surface area (Å²) in [5, 5.41) is 3.27. The second-order valence-electron chi connectivity index (χ2n) is 5.58. The van der Waals surface area contributed by atoms with E-state index in [0.717, 1.165) is 26.9 Å². The van der Waals surface area contributed by atoms with Crippen LogP contribution in [0.25, 0.3) is 21.3 Å². The highest BCUT2D eigenvalue weighted by Crippen LogP contribution is 2.51. The third-order valence-corrected chi connectivity index (χ3v) is 6.32. The highest BCUT2D eigenvalue weighted by atomic mass is 32.3. The van der Waals surface area contributed by atoms with Gasteiger partial charge in [0.25, 0.3) is 0 Å². The molecule has 2 heterocycles. The van der Waals surface area contributed by atoms with E-state index in [1.165, 1.54) is 18.3 Å². The third-order valence-electron chi connectivity index (χ3n) is 3.84. The average Bonchev–Trinajstić information content (AvgIpc) is 3.06. The van der Waals surface area contributed by atoms with Gasteiger partial charge in [0.2, 0.25) is 5.91 Å². The van der Waals surface area contributed by atoms with Crippen molar-refractivity contribution in [2.75, 3.05) is 5.32 Å². The van der Waals surface area contributed by atoms with Gasteiger partial charge >= 0.3 is 0 Å². The van der Waals surface area contributed by atoms with Crippen LogP contribution in [0, 0.1) is 0 Å². The molecule has 1 aliphatic rings. The van der Waals surface area contributed by atoms with Gasteiger partial charge in [-0.25, -0.2) is 9.71 Å². The van der Waals surface area contributed by atoms with E-state index in [1.54, 1.807) is 0 Å². The lowest BCUT2D eigenvalue weighted by atomic mass is 10.0. The molecule has 8 heteroatoms. The first-order valence-corrected chi connectivity index (χ1v) is 9.63. The lowest BCUT2D eigenvalue weighted by molar-refractivity contribution is -0.114. The van der Waals surface area contributed by atoms with E-state index < -0.39 is 10.8 Å². The Labute approximate surface area is 144 Å². The third kappa shape index (κ3) is 2.68. The second kappa shape index (κ2) is 5.54. The first-order valence-electron chi connectivity index (χ1n) is 7.27. The van der Waals surface area contributed by atoms with Crippen LogP contribution in [0.4, 0.5) is 5.13 Å². The van der Waals surface area contributed by atoms with Crippen molar-refractivity contribution in [3.05, 3.63) is 42.0 Å². The molecular formula is C16H15N3O3S2. The van der Waals surface area contributed by atoms with E-state index in [-0.39, 0.29) is 5.91 Å². The predicted molar refractivity (Wildman–Crippen MR) is 97.3 cm³/mol. The SMILES string of the molecule is CC(=O)Nc1nc2ccc(-c3ccc4c(c3)S(O)(O)NC4)cc2s1. The van der Waals surface area contributed by atoms with Gasteiger partial charge in [0.1, 0.15) is 0 Å². The van der Waals surface area contributed by atoms with Crippen LogP contribution in [0.15, 0.2) is 41.3 Å². The number of rotatable bonds is 2. The van der Waals surface area contributed by atoms with E-state index in [4.69, 9.17) is 0 Å². The number of carbonyl (C=O) groups excluding carboxylic acids is 1. The number of hydrogen-bond donors (Lipinski definition) is 4. The van der Waals surface area contributed by atoms with Gasteiger partial charge in [0.05, 0.1) is 15.1 Å². The van der Waals surface area contributed by atoms with Crippen molar-refractivity contribution in [2.24, 2.45) is 0 Å². The van der Waals surface area contributed by atoms with Crippen LogP contribution in [0.3, 0.4) is 0 Å². The summed E-state index contributed by atoms with van der Waals surface area (Å²) in [6.07, 6.45) is 0. The summed E-state index contributed by atoms with van der Waals surface area (Å²) in [6.45, 7) is 1.92. The number of benzene rings is 2. The number of anilines is 1. The number of fused-ring (bicyclic) bond motifs is 2. The topological polar surface area (TPSA) is 94.5 Å². The monoisotopic (exact) mass is 361 g/mol. The molecule has 0 spiro atoms. The quantitative estimate of drug-likeness (QED) is 0.552. The van der Waals surface area contributed by atoms with Crippen molar-refractivity contribution < 1.29 is 13.9 Å². The molecule has 24 heavy (non-hydrogen) atoms. The summed E-state index contributed by atoms with van der Waals surface area (Å²) in [6, 6.07) is 11.5. The van der Waals surface area contributed by atoms with Crippen LogP contribution in [-0.2, 0) is 11.3 Å². The maximum atomic E-state index is 11.2. The highest BCUT2D eigenvalue weighted by Gasteiger charge is 2.26. The minimum atomic E-state index is -2.90.